The molecule has 0 aliphatic rings. The number of benzene rings is 1. The molecule has 1 atom stereocenters. The van der Waals surface area contributed by atoms with Crippen LogP contribution < -0.4 is 10.5 Å². The van der Waals surface area contributed by atoms with Gasteiger partial charge in [0.1, 0.15) is 12.4 Å². The molecule has 1 rings (SSSR count). The van der Waals surface area contributed by atoms with Gasteiger partial charge in [-0.15, -0.1) is 0 Å². The number of likely N-dealkylation sites (N-methyl/N-ethyl adjacent to an activating group) is 1. The van der Waals surface area contributed by atoms with Crippen LogP contribution in [0.2, 0.25) is 0 Å². The van der Waals surface area contributed by atoms with E-state index in [0.29, 0.717) is 19.7 Å². The van der Waals surface area contributed by atoms with Crippen molar-refractivity contribution in [3.63, 3.8) is 0 Å². The summed E-state index contributed by atoms with van der Waals surface area (Å²) in [6, 6.07) is 7.79. The predicted octanol–water partition coefficient (Wildman–Crippen LogP) is 0.837. The van der Waals surface area contributed by atoms with Gasteiger partial charge in [-0.25, -0.2) is 0 Å². The highest BCUT2D eigenvalue weighted by atomic mass is 16.5. The van der Waals surface area contributed by atoms with Gasteiger partial charge in [0, 0.05) is 25.2 Å². The highest BCUT2D eigenvalue weighted by molar-refractivity contribution is 5.32. The summed E-state index contributed by atoms with van der Waals surface area (Å²) in [5.74, 6) is 0.848. The van der Waals surface area contributed by atoms with Gasteiger partial charge in [0.25, 0.3) is 0 Å². The Labute approximate surface area is 103 Å². The molecule has 1 aromatic carbocycles. The molecule has 0 spiro atoms. The maximum Gasteiger partial charge on any atom is 0.123 e. The maximum absolute atomic E-state index is 9.22. The van der Waals surface area contributed by atoms with Gasteiger partial charge in [0.15, 0.2) is 0 Å². The molecule has 0 radical (unpaired) electrons. The first-order valence-corrected chi connectivity index (χ1v) is 5.91. The lowest BCUT2D eigenvalue weighted by atomic mass is 10.2. The summed E-state index contributed by atoms with van der Waals surface area (Å²) in [7, 11) is 1.96. The summed E-state index contributed by atoms with van der Waals surface area (Å²) in [4.78, 5) is 2.04. The van der Waals surface area contributed by atoms with Crippen molar-refractivity contribution in [1.82, 2.24) is 4.90 Å². The van der Waals surface area contributed by atoms with Crippen LogP contribution in [0.3, 0.4) is 0 Å². The van der Waals surface area contributed by atoms with Crippen molar-refractivity contribution in [2.45, 2.75) is 19.6 Å². The van der Waals surface area contributed by atoms with Crippen LogP contribution in [0.1, 0.15) is 12.5 Å². The molecule has 0 aliphatic carbocycles. The minimum Gasteiger partial charge on any atom is -0.492 e. The van der Waals surface area contributed by atoms with Crippen LogP contribution in [0, 0.1) is 0 Å². The lowest BCUT2D eigenvalue weighted by Gasteiger charge is -2.19. The Morgan fingerprint density at radius 3 is 2.76 bits per heavy atom. The smallest absolute Gasteiger partial charge is 0.123 e. The topological polar surface area (TPSA) is 58.7 Å². The normalized spacial score (nSPS) is 12.8. The third-order valence-corrected chi connectivity index (χ3v) is 2.50. The molecule has 0 aromatic heterocycles. The fraction of sp³-hybridized carbons (Fsp3) is 0.538. The van der Waals surface area contributed by atoms with Crippen molar-refractivity contribution >= 4 is 0 Å². The van der Waals surface area contributed by atoms with Crippen molar-refractivity contribution in [3.05, 3.63) is 29.8 Å². The molecule has 17 heavy (non-hydrogen) atoms. The van der Waals surface area contributed by atoms with Crippen LogP contribution in [-0.4, -0.2) is 42.9 Å². The van der Waals surface area contributed by atoms with Gasteiger partial charge in [-0.1, -0.05) is 18.2 Å². The Morgan fingerprint density at radius 2 is 2.12 bits per heavy atom. The number of nitrogens with two attached hydrogens (primary N) is 1. The fourth-order valence-corrected chi connectivity index (χ4v) is 1.67. The molecular weight excluding hydrogens is 216 g/mol. The van der Waals surface area contributed by atoms with E-state index >= 15 is 0 Å². The molecule has 0 bridgehead atoms. The highest BCUT2D eigenvalue weighted by Crippen LogP contribution is 2.16. The second-order valence-electron chi connectivity index (χ2n) is 4.27. The molecular formula is C13H22N2O2. The molecule has 0 heterocycles. The zero-order valence-electron chi connectivity index (χ0n) is 10.6. The number of hydrogen-bond acceptors (Lipinski definition) is 4. The second-order valence-corrected chi connectivity index (χ2v) is 4.27. The Morgan fingerprint density at radius 1 is 1.41 bits per heavy atom. The Hall–Kier alpha value is -1.10. The van der Waals surface area contributed by atoms with Crippen molar-refractivity contribution in [2.75, 3.05) is 26.7 Å². The summed E-state index contributed by atoms with van der Waals surface area (Å²) in [6.45, 7) is 4.30. The van der Waals surface area contributed by atoms with Gasteiger partial charge < -0.3 is 20.5 Å². The molecule has 3 N–H and O–H groups in total. The zero-order valence-corrected chi connectivity index (χ0v) is 10.6. The fourth-order valence-electron chi connectivity index (χ4n) is 1.67. The lowest BCUT2D eigenvalue weighted by molar-refractivity contribution is 0.130. The standard InChI is InChI=1S/C13H22N2O2/c1-11(16)10-15(2)7-8-17-13-6-4-3-5-12(13)9-14/h3-6,11,16H,7-10,14H2,1-2H3. The zero-order chi connectivity index (χ0) is 12.7. The number of hydrogen-bond donors (Lipinski definition) is 2. The number of ether oxygens (including phenoxy) is 1. The van der Waals surface area contributed by atoms with Gasteiger partial charge in [-0.2, -0.15) is 0 Å². The predicted molar refractivity (Wildman–Crippen MR) is 69.0 cm³/mol. The minimum atomic E-state index is -0.309. The number of aliphatic hydroxyl groups excluding tert-OH is 1. The third kappa shape index (κ3) is 5.17. The molecule has 1 unspecified atom stereocenters. The molecule has 0 amide bonds. The van der Waals surface area contributed by atoms with Gasteiger partial charge in [0.2, 0.25) is 0 Å². The minimum absolute atomic E-state index is 0.309. The highest BCUT2D eigenvalue weighted by Gasteiger charge is 2.04. The van der Waals surface area contributed by atoms with E-state index in [-0.39, 0.29) is 6.10 Å². The van der Waals surface area contributed by atoms with E-state index in [1.165, 1.54) is 0 Å². The number of para-hydroxylation sites is 1. The van der Waals surface area contributed by atoms with Crippen LogP contribution >= 0.6 is 0 Å². The largest absolute Gasteiger partial charge is 0.492 e. The Balaban J connectivity index is 2.35. The van der Waals surface area contributed by atoms with Crippen molar-refractivity contribution in [1.29, 1.82) is 0 Å². The van der Waals surface area contributed by atoms with E-state index < -0.39 is 0 Å². The Bertz CT molecular complexity index is 329. The van der Waals surface area contributed by atoms with Crippen LogP contribution in [-0.2, 0) is 6.54 Å². The number of nitrogens with zero attached hydrogens (tertiary/aromatic N) is 1. The molecule has 1 aromatic rings. The third-order valence-electron chi connectivity index (χ3n) is 2.50. The first-order chi connectivity index (χ1) is 8.13. The van der Waals surface area contributed by atoms with Gasteiger partial charge >= 0.3 is 0 Å². The van der Waals surface area contributed by atoms with Crippen LogP contribution in [0.25, 0.3) is 0 Å². The monoisotopic (exact) mass is 238 g/mol. The van der Waals surface area contributed by atoms with E-state index in [0.717, 1.165) is 17.9 Å². The summed E-state index contributed by atoms with van der Waals surface area (Å²) < 4.78 is 5.68. The van der Waals surface area contributed by atoms with Crippen molar-refractivity contribution in [2.24, 2.45) is 5.73 Å². The molecule has 96 valence electrons. The molecule has 0 saturated carbocycles. The van der Waals surface area contributed by atoms with Crippen LogP contribution in [0.15, 0.2) is 24.3 Å². The molecule has 0 aliphatic heterocycles. The average molecular weight is 238 g/mol. The van der Waals surface area contributed by atoms with E-state index in [4.69, 9.17) is 10.5 Å². The first kappa shape index (κ1) is 14.0. The van der Waals surface area contributed by atoms with E-state index in [1.807, 2.05) is 36.2 Å². The summed E-state index contributed by atoms with van der Waals surface area (Å²) in [5, 5.41) is 9.22. The lowest BCUT2D eigenvalue weighted by Crippen LogP contribution is -2.30. The van der Waals surface area contributed by atoms with E-state index in [1.54, 1.807) is 6.92 Å². The van der Waals surface area contributed by atoms with Gasteiger partial charge in [-0.3, -0.25) is 0 Å². The molecule has 0 saturated heterocycles. The quantitative estimate of drug-likeness (QED) is 0.739. The summed E-state index contributed by atoms with van der Waals surface area (Å²) in [6.07, 6.45) is -0.309. The van der Waals surface area contributed by atoms with E-state index in [2.05, 4.69) is 0 Å². The SMILES string of the molecule is CC(O)CN(C)CCOc1ccccc1CN. The number of rotatable bonds is 7. The van der Waals surface area contributed by atoms with Gasteiger partial charge in [0.05, 0.1) is 6.10 Å². The van der Waals surface area contributed by atoms with E-state index in [9.17, 15) is 5.11 Å². The average Bonchev–Trinajstić information content (AvgIpc) is 2.28. The van der Waals surface area contributed by atoms with Crippen LogP contribution in [0.5, 0.6) is 5.75 Å². The molecule has 0 fully saturated rings. The molecule has 4 heteroatoms. The number of aliphatic hydroxyl groups is 1. The molecule has 4 nitrogen and oxygen atoms in total. The Kier molecular flexibility index (Phi) is 5.97. The first-order valence-electron chi connectivity index (χ1n) is 5.91. The van der Waals surface area contributed by atoms with Gasteiger partial charge in [-0.05, 0) is 20.0 Å². The van der Waals surface area contributed by atoms with Crippen LogP contribution in [0.4, 0.5) is 0 Å². The van der Waals surface area contributed by atoms with Crippen molar-refractivity contribution in [3.8, 4) is 5.75 Å². The van der Waals surface area contributed by atoms with Crippen molar-refractivity contribution < 1.29 is 9.84 Å². The second kappa shape index (κ2) is 7.27. The summed E-state index contributed by atoms with van der Waals surface area (Å²) >= 11 is 0. The maximum atomic E-state index is 9.22. The summed E-state index contributed by atoms with van der Waals surface area (Å²) in [5.41, 5.74) is 6.64.